The van der Waals surface area contributed by atoms with Gasteiger partial charge in [-0.3, -0.25) is 9.59 Å². The van der Waals surface area contributed by atoms with E-state index in [0.717, 1.165) is 15.6 Å². The van der Waals surface area contributed by atoms with Crippen LogP contribution in [-0.2, 0) is 11.3 Å². The number of halogens is 2. The van der Waals surface area contributed by atoms with E-state index >= 15 is 0 Å². The van der Waals surface area contributed by atoms with Gasteiger partial charge < -0.3 is 5.32 Å². The van der Waals surface area contributed by atoms with Gasteiger partial charge in [0.05, 0.1) is 5.69 Å². The Hall–Kier alpha value is -2.44. The highest BCUT2D eigenvalue weighted by Gasteiger charge is 2.08. The third-order valence-electron chi connectivity index (χ3n) is 4.32. The van der Waals surface area contributed by atoms with Crippen molar-refractivity contribution in [1.82, 2.24) is 9.78 Å². The highest BCUT2D eigenvalue weighted by atomic mass is 79.9. The molecule has 0 aliphatic rings. The number of nitrogens with zero attached hydrogens (tertiary/aromatic N) is 2. The molecule has 0 spiro atoms. The lowest BCUT2D eigenvalue weighted by Crippen LogP contribution is -2.23. The average Bonchev–Trinajstić information content (AvgIpc) is 2.68. The standard InChI is InChI=1S/C21H19BrClN3O2/c1-14-17(23)4-2-5-18(14)24-20(27)6-3-13-26-21(28)12-11-19(25-26)15-7-9-16(22)10-8-15/h2,4-5,7-12H,3,6,13H2,1H3,(H,24,27). The van der Waals surface area contributed by atoms with E-state index in [2.05, 4.69) is 26.3 Å². The Morgan fingerprint density at radius 2 is 1.89 bits per heavy atom. The lowest BCUT2D eigenvalue weighted by Gasteiger charge is -2.10. The molecule has 1 aromatic heterocycles. The minimum atomic E-state index is -0.188. The Labute approximate surface area is 176 Å². The fourth-order valence-corrected chi connectivity index (χ4v) is 3.17. The van der Waals surface area contributed by atoms with E-state index in [1.165, 1.54) is 10.7 Å². The van der Waals surface area contributed by atoms with Crippen LogP contribution in [0.4, 0.5) is 5.69 Å². The first-order chi connectivity index (χ1) is 13.4. The molecule has 0 unspecified atom stereocenters. The van der Waals surface area contributed by atoms with E-state index in [1.54, 1.807) is 18.2 Å². The van der Waals surface area contributed by atoms with E-state index in [-0.39, 0.29) is 17.9 Å². The van der Waals surface area contributed by atoms with Crippen molar-refractivity contribution >= 4 is 39.1 Å². The summed E-state index contributed by atoms with van der Waals surface area (Å²) in [6, 6.07) is 16.3. The largest absolute Gasteiger partial charge is 0.326 e. The van der Waals surface area contributed by atoms with Gasteiger partial charge in [-0.25, -0.2) is 4.68 Å². The van der Waals surface area contributed by atoms with Crippen molar-refractivity contribution in [3.8, 4) is 11.3 Å². The fourth-order valence-electron chi connectivity index (χ4n) is 2.73. The Morgan fingerprint density at radius 3 is 2.64 bits per heavy atom. The van der Waals surface area contributed by atoms with Gasteiger partial charge in [-0.2, -0.15) is 5.10 Å². The number of aromatic nitrogens is 2. The van der Waals surface area contributed by atoms with Crippen LogP contribution in [0.25, 0.3) is 11.3 Å². The van der Waals surface area contributed by atoms with Gasteiger partial charge in [0.15, 0.2) is 0 Å². The first kappa shape index (κ1) is 20.3. The maximum absolute atomic E-state index is 12.2. The van der Waals surface area contributed by atoms with E-state index in [9.17, 15) is 9.59 Å². The molecule has 0 radical (unpaired) electrons. The first-order valence-corrected chi connectivity index (χ1v) is 10.0. The highest BCUT2D eigenvalue weighted by molar-refractivity contribution is 9.10. The maximum atomic E-state index is 12.2. The van der Waals surface area contributed by atoms with Crippen LogP contribution in [0, 0.1) is 6.92 Å². The highest BCUT2D eigenvalue weighted by Crippen LogP contribution is 2.23. The van der Waals surface area contributed by atoms with Crippen molar-refractivity contribution in [2.45, 2.75) is 26.3 Å². The predicted octanol–water partition coefficient (Wildman–Crippen LogP) is 5.05. The lowest BCUT2D eigenvalue weighted by atomic mass is 10.1. The van der Waals surface area contributed by atoms with Crippen LogP contribution >= 0.6 is 27.5 Å². The van der Waals surface area contributed by atoms with Gasteiger partial charge in [0.1, 0.15) is 0 Å². The SMILES string of the molecule is Cc1c(Cl)cccc1NC(=O)CCCn1nc(-c2ccc(Br)cc2)ccc1=O. The van der Waals surface area contributed by atoms with Crippen molar-refractivity contribution in [3.63, 3.8) is 0 Å². The molecule has 2 aromatic carbocycles. The normalized spacial score (nSPS) is 10.7. The molecule has 0 aliphatic carbocycles. The Bertz CT molecular complexity index is 1050. The van der Waals surface area contributed by atoms with E-state index < -0.39 is 0 Å². The molecule has 1 heterocycles. The van der Waals surface area contributed by atoms with Gasteiger partial charge >= 0.3 is 0 Å². The van der Waals surface area contributed by atoms with Crippen LogP contribution in [0.15, 0.2) is 63.9 Å². The van der Waals surface area contributed by atoms with Crippen LogP contribution in [0.2, 0.25) is 5.02 Å². The molecule has 5 nitrogen and oxygen atoms in total. The summed E-state index contributed by atoms with van der Waals surface area (Å²) in [6.45, 7) is 2.22. The number of amides is 1. The van der Waals surface area contributed by atoms with E-state index in [4.69, 9.17) is 11.6 Å². The third kappa shape index (κ3) is 5.09. The van der Waals surface area contributed by atoms with Crippen LogP contribution in [0.1, 0.15) is 18.4 Å². The molecule has 1 amide bonds. The topological polar surface area (TPSA) is 64.0 Å². The molecule has 0 atom stereocenters. The smallest absolute Gasteiger partial charge is 0.266 e. The first-order valence-electron chi connectivity index (χ1n) is 8.83. The van der Waals surface area contributed by atoms with Crippen molar-refractivity contribution in [1.29, 1.82) is 0 Å². The number of nitrogens with one attached hydrogen (secondary N) is 1. The van der Waals surface area contributed by atoms with Crippen LogP contribution in [-0.4, -0.2) is 15.7 Å². The van der Waals surface area contributed by atoms with Gasteiger partial charge in [-0.1, -0.05) is 45.7 Å². The molecule has 3 aromatic rings. The van der Waals surface area contributed by atoms with Crippen molar-refractivity contribution < 1.29 is 4.79 Å². The summed E-state index contributed by atoms with van der Waals surface area (Å²) in [5.74, 6) is -0.123. The summed E-state index contributed by atoms with van der Waals surface area (Å²) in [5, 5.41) is 7.89. The monoisotopic (exact) mass is 459 g/mol. The zero-order valence-electron chi connectivity index (χ0n) is 15.3. The zero-order chi connectivity index (χ0) is 20.1. The number of carbonyl (C=O) groups is 1. The Morgan fingerprint density at radius 1 is 1.14 bits per heavy atom. The van der Waals surface area contributed by atoms with E-state index in [0.29, 0.717) is 29.4 Å². The molecule has 0 bridgehead atoms. The number of hydrogen-bond acceptors (Lipinski definition) is 3. The predicted molar refractivity (Wildman–Crippen MR) is 116 cm³/mol. The molecule has 0 fully saturated rings. The van der Waals surface area contributed by atoms with Crippen molar-refractivity contribution in [2.24, 2.45) is 0 Å². The molecule has 144 valence electrons. The third-order valence-corrected chi connectivity index (χ3v) is 5.26. The van der Waals surface area contributed by atoms with Crippen LogP contribution in [0.5, 0.6) is 0 Å². The second kappa shape index (κ2) is 9.17. The molecule has 3 rings (SSSR count). The van der Waals surface area contributed by atoms with Gasteiger partial charge in [-0.15, -0.1) is 0 Å². The number of carbonyl (C=O) groups excluding carboxylic acids is 1. The fraction of sp³-hybridized carbons (Fsp3) is 0.190. The summed E-state index contributed by atoms with van der Waals surface area (Å²) < 4.78 is 2.38. The van der Waals surface area contributed by atoms with Gasteiger partial charge in [-0.05, 0) is 49.2 Å². The molecule has 28 heavy (non-hydrogen) atoms. The quantitative estimate of drug-likeness (QED) is 0.559. The molecule has 0 saturated heterocycles. The summed E-state index contributed by atoms with van der Waals surface area (Å²) in [6.07, 6.45) is 0.782. The van der Waals surface area contributed by atoms with Gasteiger partial charge in [0.25, 0.3) is 5.56 Å². The molecular formula is C21H19BrClN3O2. The van der Waals surface area contributed by atoms with Gasteiger partial charge in [0, 0.05) is 39.8 Å². The number of hydrogen-bond donors (Lipinski definition) is 1. The zero-order valence-corrected chi connectivity index (χ0v) is 17.6. The number of anilines is 1. The Balaban J connectivity index is 1.62. The van der Waals surface area contributed by atoms with Crippen LogP contribution in [0.3, 0.4) is 0 Å². The van der Waals surface area contributed by atoms with Crippen LogP contribution < -0.4 is 10.9 Å². The second-order valence-corrected chi connectivity index (χ2v) is 7.67. The molecule has 1 N–H and O–H groups in total. The average molecular weight is 461 g/mol. The minimum Gasteiger partial charge on any atom is -0.326 e. The molecule has 7 heteroatoms. The number of benzene rings is 2. The van der Waals surface area contributed by atoms with E-state index in [1.807, 2.05) is 37.3 Å². The second-order valence-electron chi connectivity index (χ2n) is 6.35. The summed E-state index contributed by atoms with van der Waals surface area (Å²) in [4.78, 5) is 24.3. The minimum absolute atomic E-state index is 0.123. The summed E-state index contributed by atoms with van der Waals surface area (Å²) in [5.41, 5.74) is 2.98. The molecular weight excluding hydrogens is 442 g/mol. The molecule has 0 aliphatic heterocycles. The number of aryl methyl sites for hydroxylation is 1. The Kier molecular flexibility index (Phi) is 6.65. The van der Waals surface area contributed by atoms with Crippen molar-refractivity contribution in [2.75, 3.05) is 5.32 Å². The number of rotatable bonds is 6. The van der Waals surface area contributed by atoms with Gasteiger partial charge in [0.2, 0.25) is 5.91 Å². The lowest BCUT2D eigenvalue weighted by molar-refractivity contribution is -0.116. The summed E-state index contributed by atoms with van der Waals surface area (Å²) >= 11 is 9.48. The van der Waals surface area contributed by atoms with Crippen molar-refractivity contribution in [3.05, 3.63) is 80.0 Å². The maximum Gasteiger partial charge on any atom is 0.266 e. The summed E-state index contributed by atoms with van der Waals surface area (Å²) in [7, 11) is 0. The molecule has 0 saturated carbocycles.